The Morgan fingerprint density at radius 2 is 1.90 bits per heavy atom. The highest BCUT2D eigenvalue weighted by atomic mass is 32.1. The molecule has 158 valence electrons. The fraction of sp³-hybridized carbons (Fsp3) is 0.593. The number of thiazole rings is 1. The van der Waals surface area contributed by atoms with Gasteiger partial charge >= 0.3 is 0 Å². The fourth-order valence-corrected chi connectivity index (χ4v) is 8.87. The Balaban J connectivity index is 1.34. The van der Waals surface area contributed by atoms with Gasteiger partial charge in [0.25, 0.3) is 0 Å². The van der Waals surface area contributed by atoms with E-state index in [-0.39, 0.29) is 16.9 Å². The number of aryl methyl sites for hydroxylation is 1. The van der Waals surface area contributed by atoms with Gasteiger partial charge in [-0.15, -0.1) is 11.3 Å². The molecular weight excluding hydrogens is 386 g/mol. The minimum Gasteiger partial charge on any atom is -0.393 e. The molecule has 2 aromatic rings. The number of rotatable bonds is 2. The summed E-state index contributed by atoms with van der Waals surface area (Å²) in [7, 11) is 0. The molecule has 0 amide bonds. The van der Waals surface area contributed by atoms with Crippen molar-refractivity contribution >= 4 is 16.9 Å². The van der Waals surface area contributed by atoms with Gasteiger partial charge in [0.2, 0.25) is 0 Å². The van der Waals surface area contributed by atoms with Crippen molar-refractivity contribution in [3.8, 4) is 0 Å². The number of hydrogen-bond donors (Lipinski definition) is 1. The van der Waals surface area contributed by atoms with E-state index in [1.165, 1.54) is 59.7 Å². The number of aliphatic hydroxyl groups excluding tert-OH is 1. The molecule has 1 heterocycles. The molecule has 1 N–H and O–H groups in total. The summed E-state index contributed by atoms with van der Waals surface area (Å²) in [5, 5.41) is 12.0. The van der Waals surface area contributed by atoms with Crippen LogP contribution < -0.4 is 0 Å². The number of fused-ring (bicyclic) bond motifs is 7. The largest absolute Gasteiger partial charge is 0.393 e. The lowest BCUT2D eigenvalue weighted by Crippen LogP contribution is -2.50. The van der Waals surface area contributed by atoms with Crippen LogP contribution in [0.1, 0.15) is 73.5 Å². The van der Waals surface area contributed by atoms with Gasteiger partial charge in [0.1, 0.15) is 0 Å². The van der Waals surface area contributed by atoms with Crippen molar-refractivity contribution in [1.29, 1.82) is 0 Å². The van der Waals surface area contributed by atoms with Crippen LogP contribution in [0, 0.1) is 28.6 Å². The standard InChI is InChI=1S/C27H33NOS/c1-26-15-13-22-25(28-24(30-22)16-17-6-4-3-5-7-17)21(26)9-8-18-19-10-11-23(29)27(19,2)14-12-20(18)26/h3-7,9,18-20,23,29H,8,10-16H2,1-2H3/t18-,19-,20-,23-,26+,27-/m0/s1. The van der Waals surface area contributed by atoms with E-state index in [0.29, 0.717) is 5.92 Å². The van der Waals surface area contributed by atoms with Crippen molar-refractivity contribution in [2.75, 3.05) is 0 Å². The smallest absolute Gasteiger partial charge is 0.0979 e. The second kappa shape index (κ2) is 6.77. The van der Waals surface area contributed by atoms with E-state index in [4.69, 9.17) is 4.98 Å². The average molecular weight is 420 g/mol. The van der Waals surface area contributed by atoms with Crippen LogP contribution in [-0.2, 0) is 12.8 Å². The number of nitrogens with zero attached hydrogens (tertiary/aromatic N) is 1. The van der Waals surface area contributed by atoms with Crippen LogP contribution in [0.15, 0.2) is 36.4 Å². The molecule has 0 bridgehead atoms. The summed E-state index contributed by atoms with van der Waals surface area (Å²) in [5.74, 6) is 2.21. The van der Waals surface area contributed by atoms with Crippen molar-refractivity contribution in [2.24, 2.45) is 28.6 Å². The lowest BCUT2D eigenvalue weighted by Gasteiger charge is -2.56. The molecule has 1 aromatic heterocycles. The summed E-state index contributed by atoms with van der Waals surface area (Å²) >= 11 is 1.94. The Kier molecular flexibility index (Phi) is 4.35. The van der Waals surface area contributed by atoms with E-state index < -0.39 is 0 Å². The van der Waals surface area contributed by atoms with E-state index >= 15 is 0 Å². The molecular formula is C27H33NOS. The van der Waals surface area contributed by atoms with Crippen LogP contribution in [0.4, 0.5) is 0 Å². The van der Waals surface area contributed by atoms with Crippen molar-refractivity contribution in [1.82, 2.24) is 4.98 Å². The molecule has 1 aromatic carbocycles. The van der Waals surface area contributed by atoms with Gasteiger partial charge in [-0.2, -0.15) is 0 Å². The van der Waals surface area contributed by atoms with E-state index in [9.17, 15) is 5.11 Å². The van der Waals surface area contributed by atoms with Crippen LogP contribution in [0.5, 0.6) is 0 Å². The third kappa shape index (κ3) is 2.67. The Morgan fingerprint density at radius 1 is 1.07 bits per heavy atom. The summed E-state index contributed by atoms with van der Waals surface area (Å²) in [4.78, 5) is 6.73. The second-order valence-corrected chi connectivity index (χ2v) is 12.0. The number of aromatic nitrogens is 1. The molecule has 3 heteroatoms. The lowest BCUT2D eigenvalue weighted by molar-refractivity contribution is -0.0579. The fourth-order valence-electron chi connectivity index (χ4n) is 7.75. The molecule has 4 aliphatic carbocycles. The first-order valence-electron chi connectivity index (χ1n) is 11.9. The molecule has 2 saturated carbocycles. The van der Waals surface area contributed by atoms with Crippen molar-refractivity contribution in [2.45, 2.75) is 71.3 Å². The van der Waals surface area contributed by atoms with Crippen LogP contribution in [0.25, 0.3) is 5.57 Å². The predicted octanol–water partition coefficient (Wildman–Crippen LogP) is 6.28. The monoisotopic (exact) mass is 419 g/mol. The van der Waals surface area contributed by atoms with E-state index in [1.54, 1.807) is 5.57 Å². The third-order valence-corrected chi connectivity index (χ3v) is 10.6. The topological polar surface area (TPSA) is 33.1 Å². The lowest BCUT2D eigenvalue weighted by atomic mass is 9.48. The minimum atomic E-state index is -0.0846. The van der Waals surface area contributed by atoms with E-state index in [2.05, 4.69) is 50.3 Å². The van der Waals surface area contributed by atoms with Crippen molar-refractivity contribution in [3.63, 3.8) is 0 Å². The van der Waals surface area contributed by atoms with Gasteiger partial charge in [-0.25, -0.2) is 4.98 Å². The highest BCUT2D eigenvalue weighted by Gasteiger charge is 2.58. The van der Waals surface area contributed by atoms with Gasteiger partial charge in [-0.3, -0.25) is 0 Å². The summed E-state index contributed by atoms with van der Waals surface area (Å²) < 4.78 is 0. The van der Waals surface area contributed by atoms with Gasteiger partial charge in [-0.1, -0.05) is 50.3 Å². The Hall–Kier alpha value is -1.45. The average Bonchev–Trinajstić information content (AvgIpc) is 3.28. The first kappa shape index (κ1) is 19.3. The highest BCUT2D eigenvalue weighted by Crippen LogP contribution is 2.65. The van der Waals surface area contributed by atoms with Gasteiger partial charge in [0.05, 0.1) is 16.8 Å². The van der Waals surface area contributed by atoms with Crippen LogP contribution in [-0.4, -0.2) is 16.2 Å². The van der Waals surface area contributed by atoms with Gasteiger partial charge in [0, 0.05) is 11.3 Å². The minimum absolute atomic E-state index is 0.0846. The second-order valence-electron chi connectivity index (χ2n) is 10.8. The molecule has 0 spiro atoms. The zero-order valence-electron chi connectivity index (χ0n) is 18.2. The summed E-state index contributed by atoms with van der Waals surface area (Å²) in [6, 6.07) is 10.8. The molecule has 6 rings (SSSR count). The third-order valence-electron chi connectivity index (χ3n) is 9.48. The van der Waals surface area contributed by atoms with Crippen molar-refractivity contribution < 1.29 is 5.11 Å². The van der Waals surface area contributed by atoms with E-state index in [0.717, 1.165) is 24.7 Å². The molecule has 0 unspecified atom stereocenters. The molecule has 6 atom stereocenters. The number of allylic oxidation sites excluding steroid dienone is 2. The number of benzene rings is 1. The number of hydrogen-bond acceptors (Lipinski definition) is 3. The molecule has 2 nitrogen and oxygen atoms in total. The first-order valence-corrected chi connectivity index (χ1v) is 12.7. The van der Waals surface area contributed by atoms with Crippen molar-refractivity contribution in [3.05, 3.63) is 57.6 Å². The van der Waals surface area contributed by atoms with Crippen LogP contribution in [0.3, 0.4) is 0 Å². The molecule has 4 aliphatic rings. The van der Waals surface area contributed by atoms with Crippen LogP contribution >= 0.6 is 11.3 Å². The molecule has 2 fully saturated rings. The number of aliphatic hydroxyl groups is 1. The Morgan fingerprint density at radius 3 is 2.73 bits per heavy atom. The summed E-state index contributed by atoms with van der Waals surface area (Å²) in [6.07, 6.45) is 11.8. The quantitative estimate of drug-likeness (QED) is 0.622. The first-order chi connectivity index (χ1) is 14.5. The Labute approximate surface area is 184 Å². The van der Waals surface area contributed by atoms with Crippen LogP contribution in [0.2, 0.25) is 0 Å². The normalized spacial score (nSPS) is 39.5. The van der Waals surface area contributed by atoms with Gasteiger partial charge in [-0.05, 0) is 84.7 Å². The maximum absolute atomic E-state index is 10.7. The summed E-state index contributed by atoms with van der Waals surface area (Å²) in [5.41, 5.74) is 4.67. The van der Waals surface area contributed by atoms with E-state index in [1.807, 2.05) is 11.3 Å². The molecule has 0 saturated heterocycles. The van der Waals surface area contributed by atoms with Gasteiger partial charge < -0.3 is 5.11 Å². The SMILES string of the molecule is C[C@]12CC[C@H]3[C@@H](CC=C4c5nc(Cc6ccccc6)sc5CC[C@@]43C)[C@@H]1CC[C@@H]2O. The zero-order valence-corrected chi connectivity index (χ0v) is 19.0. The maximum atomic E-state index is 10.7. The molecule has 0 aliphatic heterocycles. The zero-order chi connectivity index (χ0) is 20.5. The highest BCUT2D eigenvalue weighted by molar-refractivity contribution is 7.11. The Bertz CT molecular complexity index is 994. The van der Waals surface area contributed by atoms with Gasteiger partial charge in [0.15, 0.2) is 0 Å². The molecule has 0 radical (unpaired) electrons. The predicted molar refractivity (Wildman–Crippen MR) is 123 cm³/mol. The molecule has 30 heavy (non-hydrogen) atoms. The summed E-state index contributed by atoms with van der Waals surface area (Å²) in [6.45, 7) is 4.92. The maximum Gasteiger partial charge on any atom is 0.0979 e.